The molecular weight excluding hydrogens is 242 g/mol. The molecule has 0 radical (unpaired) electrons. The molecule has 86 valence electrons. The Morgan fingerprint density at radius 3 is 3.24 bits per heavy atom. The molecular formula is C9H7N5O2S. The topological polar surface area (TPSA) is 89.0 Å². The maximum Gasteiger partial charge on any atom is 0.262 e. The fourth-order valence-electron chi connectivity index (χ4n) is 1.47. The van der Waals surface area contributed by atoms with E-state index in [4.69, 9.17) is 4.74 Å². The van der Waals surface area contributed by atoms with Crippen molar-refractivity contribution in [3.63, 3.8) is 0 Å². The highest BCUT2D eigenvalue weighted by Crippen LogP contribution is 2.31. The van der Waals surface area contributed by atoms with Crippen LogP contribution in [-0.4, -0.2) is 27.3 Å². The van der Waals surface area contributed by atoms with Crippen molar-refractivity contribution in [2.45, 2.75) is 0 Å². The van der Waals surface area contributed by atoms with Gasteiger partial charge in [-0.3, -0.25) is 4.79 Å². The van der Waals surface area contributed by atoms with Crippen molar-refractivity contribution < 1.29 is 9.53 Å². The zero-order chi connectivity index (χ0) is 11.7. The number of benzene rings is 1. The van der Waals surface area contributed by atoms with Gasteiger partial charge in [-0.05, 0) is 23.4 Å². The van der Waals surface area contributed by atoms with Gasteiger partial charge in [-0.1, -0.05) is 9.59 Å². The van der Waals surface area contributed by atoms with E-state index in [-0.39, 0.29) is 12.5 Å². The largest absolute Gasteiger partial charge is 0.482 e. The Labute approximate surface area is 100.0 Å². The molecule has 1 aliphatic rings. The van der Waals surface area contributed by atoms with Crippen LogP contribution in [0.5, 0.6) is 5.75 Å². The van der Waals surface area contributed by atoms with Crippen LogP contribution >= 0.6 is 11.5 Å². The lowest BCUT2D eigenvalue weighted by molar-refractivity contribution is -0.118. The van der Waals surface area contributed by atoms with Crippen molar-refractivity contribution in [3.05, 3.63) is 18.2 Å². The number of fused-ring (bicyclic) bond motifs is 1. The predicted octanol–water partition coefficient (Wildman–Crippen LogP) is 1.01. The Kier molecular flexibility index (Phi) is 2.33. The first-order chi connectivity index (χ1) is 8.31. The molecule has 8 heteroatoms. The number of nitrogens with one attached hydrogen (secondary N) is 2. The lowest BCUT2D eigenvalue weighted by Gasteiger charge is -2.18. The third-order valence-electron chi connectivity index (χ3n) is 2.16. The summed E-state index contributed by atoms with van der Waals surface area (Å²) in [4.78, 5) is 11.2. The van der Waals surface area contributed by atoms with Crippen LogP contribution in [-0.2, 0) is 4.79 Å². The molecule has 2 aromatic rings. The minimum Gasteiger partial charge on any atom is -0.482 e. The number of anilines is 3. The fraction of sp³-hybridized carbons (Fsp3) is 0.111. The third kappa shape index (κ3) is 2.02. The van der Waals surface area contributed by atoms with E-state index >= 15 is 0 Å². The van der Waals surface area contributed by atoms with Gasteiger partial charge in [0.2, 0.25) is 5.13 Å². The Morgan fingerprint density at radius 2 is 2.41 bits per heavy atom. The number of rotatable bonds is 2. The second-order valence-corrected chi connectivity index (χ2v) is 4.07. The van der Waals surface area contributed by atoms with Crippen molar-refractivity contribution in [2.75, 3.05) is 17.2 Å². The van der Waals surface area contributed by atoms with Gasteiger partial charge in [0.05, 0.1) is 5.69 Å². The summed E-state index contributed by atoms with van der Waals surface area (Å²) in [5.41, 5.74) is 1.43. The lowest BCUT2D eigenvalue weighted by atomic mass is 10.2. The van der Waals surface area contributed by atoms with Gasteiger partial charge in [0, 0.05) is 17.2 Å². The molecule has 2 N–H and O–H groups in total. The molecule has 0 fully saturated rings. The number of hydrogen-bond donors (Lipinski definition) is 2. The van der Waals surface area contributed by atoms with Crippen LogP contribution in [0.25, 0.3) is 0 Å². The van der Waals surface area contributed by atoms with Crippen molar-refractivity contribution in [1.82, 2.24) is 14.8 Å². The van der Waals surface area contributed by atoms with E-state index < -0.39 is 0 Å². The number of amides is 1. The summed E-state index contributed by atoms with van der Waals surface area (Å²) >= 11 is 1.15. The SMILES string of the molecule is O=C1COc2ccc(Nc3nnns3)cc2N1. The van der Waals surface area contributed by atoms with E-state index in [1.807, 2.05) is 6.07 Å². The molecule has 0 spiro atoms. The maximum absolute atomic E-state index is 11.2. The monoisotopic (exact) mass is 249 g/mol. The lowest BCUT2D eigenvalue weighted by Crippen LogP contribution is -2.25. The van der Waals surface area contributed by atoms with E-state index in [1.54, 1.807) is 12.1 Å². The number of aromatic nitrogens is 3. The number of hydrogen-bond acceptors (Lipinski definition) is 7. The van der Waals surface area contributed by atoms with Crippen LogP contribution < -0.4 is 15.4 Å². The Balaban J connectivity index is 1.87. The molecule has 3 rings (SSSR count). The maximum atomic E-state index is 11.2. The van der Waals surface area contributed by atoms with E-state index in [0.717, 1.165) is 17.2 Å². The van der Waals surface area contributed by atoms with E-state index in [0.29, 0.717) is 16.6 Å². The summed E-state index contributed by atoms with van der Waals surface area (Å²) in [5, 5.41) is 13.6. The van der Waals surface area contributed by atoms with Crippen molar-refractivity contribution >= 4 is 33.9 Å². The molecule has 0 atom stereocenters. The fourth-order valence-corrected chi connectivity index (χ4v) is 1.85. The molecule has 1 aromatic heterocycles. The highest BCUT2D eigenvalue weighted by molar-refractivity contribution is 7.09. The van der Waals surface area contributed by atoms with E-state index in [9.17, 15) is 4.79 Å². The molecule has 0 saturated heterocycles. The summed E-state index contributed by atoms with van der Waals surface area (Å²) in [7, 11) is 0. The minimum absolute atomic E-state index is 0.0557. The first-order valence-corrected chi connectivity index (χ1v) is 5.57. The van der Waals surface area contributed by atoms with E-state index in [2.05, 4.69) is 25.4 Å². The van der Waals surface area contributed by atoms with Crippen LogP contribution in [0.4, 0.5) is 16.5 Å². The number of carbonyl (C=O) groups excluding carboxylic acids is 1. The van der Waals surface area contributed by atoms with E-state index in [1.165, 1.54) is 0 Å². The summed E-state index contributed by atoms with van der Waals surface area (Å²) in [6.45, 7) is 0.0557. The standard InChI is InChI=1S/C9H7N5O2S/c15-8-4-16-7-2-1-5(3-6(7)11-8)10-9-12-13-14-17-9/h1-3H,4H2,(H,11,15)(H,10,12,14). The zero-order valence-corrected chi connectivity index (χ0v) is 9.32. The summed E-state index contributed by atoms with van der Waals surface area (Å²) < 4.78 is 8.89. The molecule has 1 amide bonds. The van der Waals surface area contributed by atoms with Crippen molar-refractivity contribution in [3.8, 4) is 5.75 Å². The highest BCUT2D eigenvalue weighted by Gasteiger charge is 2.16. The molecule has 7 nitrogen and oxygen atoms in total. The van der Waals surface area contributed by atoms with Crippen LogP contribution in [0.2, 0.25) is 0 Å². The normalized spacial score (nSPS) is 13.5. The minimum atomic E-state index is -0.160. The molecule has 0 bridgehead atoms. The number of ether oxygens (including phenoxy) is 1. The molecule has 17 heavy (non-hydrogen) atoms. The van der Waals surface area contributed by atoms with Crippen LogP contribution in [0.1, 0.15) is 0 Å². The molecule has 2 heterocycles. The second kappa shape index (κ2) is 3.98. The van der Waals surface area contributed by atoms with Gasteiger partial charge in [-0.2, -0.15) is 0 Å². The van der Waals surface area contributed by atoms with Crippen LogP contribution in [0, 0.1) is 0 Å². The van der Waals surface area contributed by atoms with Gasteiger partial charge in [-0.25, -0.2) is 0 Å². The molecule has 0 unspecified atom stereocenters. The number of nitrogens with zero attached hydrogens (tertiary/aromatic N) is 3. The third-order valence-corrected chi connectivity index (χ3v) is 2.67. The van der Waals surface area contributed by atoms with Gasteiger partial charge >= 0.3 is 0 Å². The van der Waals surface area contributed by atoms with Crippen LogP contribution in [0.3, 0.4) is 0 Å². The summed E-state index contributed by atoms with van der Waals surface area (Å²) in [6.07, 6.45) is 0. The van der Waals surface area contributed by atoms with Crippen molar-refractivity contribution in [1.29, 1.82) is 0 Å². The quantitative estimate of drug-likeness (QED) is 0.825. The van der Waals surface area contributed by atoms with Gasteiger partial charge < -0.3 is 15.4 Å². The van der Waals surface area contributed by atoms with Gasteiger partial charge in [0.1, 0.15) is 5.75 Å². The Hall–Kier alpha value is -2.22. The Morgan fingerprint density at radius 1 is 1.47 bits per heavy atom. The zero-order valence-electron chi connectivity index (χ0n) is 8.51. The number of carbonyl (C=O) groups is 1. The first kappa shape index (κ1) is 9.97. The predicted molar refractivity (Wildman–Crippen MR) is 61.6 cm³/mol. The van der Waals surface area contributed by atoms with Gasteiger partial charge in [-0.15, -0.1) is 0 Å². The molecule has 1 aliphatic heterocycles. The Bertz CT molecular complexity index is 557. The van der Waals surface area contributed by atoms with Crippen LogP contribution in [0.15, 0.2) is 18.2 Å². The van der Waals surface area contributed by atoms with Crippen molar-refractivity contribution in [2.24, 2.45) is 0 Å². The van der Waals surface area contributed by atoms with Gasteiger partial charge in [0.15, 0.2) is 6.61 Å². The molecule has 0 aliphatic carbocycles. The summed E-state index contributed by atoms with van der Waals surface area (Å²) in [5.74, 6) is 0.498. The first-order valence-electron chi connectivity index (χ1n) is 4.80. The molecule has 0 saturated carbocycles. The average molecular weight is 249 g/mol. The second-order valence-electron chi connectivity index (χ2n) is 3.34. The average Bonchev–Trinajstić information content (AvgIpc) is 2.81. The summed E-state index contributed by atoms with van der Waals surface area (Å²) in [6, 6.07) is 5.39. The smallest absolute Gasteiger partial charge is 0.262 e. The molecule has 1 aromatic carbocycles. The van der Waals surface area contributed by atoms with Gasteiger partial charge in [0.25, 0.3) is 5.91 Å². The highest BCUT2D eigenvalue weighted by atomic mass is 32.1.